The first kappa shape index (κ1) is 22.1. The van der Waals surface area contributed by atoms with E-state index in [0.29, 0.717) is 10.6 Å². The Bertz CT molecular complexity index is 720. The fraction of sp³-hybridized carbons (Fsp3) is 0.556. The third kappa shape index (κ3) is 3.96. The molecule has 10 heteroatoms. The van der Waals surface area contributed by atoms with Gasteiger partial charge in [-0.05, 0) is 37.5 Å². The molecule has 1 saturated carbocycles. The van der Waals surface area contributed by atoms with E-state index >= 15 is 0 Å². The van der Waals surface area contributed by atoms with Crippen molar-refractivity contribution in [2.45, 2.75) is 49.9 Å². The van der Waals surface area contributed by atoms with Gasteiger partial charge in [0.1, 0.15) is 0 Å². The molecule has 0 amide bonds. The lowest BCUT2D eigenvalue weighted by Crippen LogP contribution is -2.70. The van der Waals surface area contributed by atoms with Gasteiger partial charge < -0.3 is 19.7 Å². The highest BCUT2D eigenvalue weighted by Crippen LogP contribution is 2.46. The van der Waals surface area contributed by atoms with Crippen molar-refractivity contribution in [3.8, 4) is 0 Å². The number of ether oxygens (including phenoxy) is 2. The number of hydrogen-bond donors (Lipinski definition) is 2. The number of carbonyl (C=O) groups excluding carboxylic acids is 2. The summed E-state index contributed by atoms with van der Waals surface area (Å²) in [7, 11) is 0. The summed E-state index contributed by atoms with van der Waals surface area (Å²) in [6, 6.07) is 3.96. The first-order valence-corrected chi connectivity index (χ1v) is 9.16. The molecule has 2 unspecified atom stereocenters. The highest BCUT2D eigenvalue weighted by Gasteiger charge is 2.71. The molecule has 1 aromatic rings. The number of halogens is 1. The minimum atomic E-state index is -2.73. The van der Waals surface area contributed by atoms with Gasteiger partial charge in [0.25, 0.3) is 6.04 Å². The predicted molar refractivity (Wildman–Crippen MR) is 97.4 cm³/mol. The van der Waals surface area contributed by atoms with E-state index in [4.69, 9.17) is 21.1 Å². The molecule has 28 heavy (non-hydrogen) atoms. The highest BCUT2D eigenvalue weighted by atomic mass is 35.5. The molecule has 0 aromatic heterocycles. The van der Waals surface area contributed by atoms with Crippen LogP contribution >= 0.6 is 11.6 Å². The van der Waals surface area contributed by atoms with Crippen LogP contribution in [0.3, 0.4) is 0 Å². The molecular weight excluding hydrogens is 394 g/mol. The summed E-state index contributed by atoms with van der Waals surface area (Å²) < 4.78 is 9.65. The van der Waals surface area contributed by atoms with Crippen molar-refractivity contribution in [2.24, 2.45) is 0 Å². The van der Waals surface area contributed by atoms with Gasteiger partial charge in [-0.15, -0.1) is 0 Å². The average Bonchev–Trinajstić information content (AvgIpc) is 2.61. The number of nitro groups is 1. The third-order valence-corrected chi connectivity index (χ3v) is 5.08. The van der Waals surface area contributed by atoms with Crippen molar-refractivity contribution in [3.05, 3.63) is 45.0 Å². The topological polar surface area (TPSA) is 136 Å². The van der Waals surface area contributed by atoms with E-state index < -0.39 is 52.9 Å². The molecule has 0 heterocycles. The van der Waals surface area contributed by atoms with Crippen LogP contribution < -0.4 is 0 Å². The average molecular weight is 416 g/mol. The lowest BCUT2D eigenvalue weighted by molar-refractivity contribution is -0.566. The van der Waals surface area contributed by atoms with Gasteiger partial charge in [0, 0.05) is 22.8 Å². The minimum Gasteiger partial charge on any atom is -0.464 e. The summed E-state index contributed by atoms with van der Waals surface area (Å²) in [6.45, 7) is 2.66. The normalized spacial score (nSPS) is 29.8. The third-order valence-electron chi connectivity index (χ3n) is 4.83. The quantitative estimate of drug-likeness (QED) is 0.404. The molecule has 1 aromatic carbocycles. The van der Waals surface area contributed by atoms with Gasteiger partial charge in [-0.3, -0.25) is 10.1 Å². The molecule has 0 radical (unpaired) electrons. The van der Waals surface area contributed by atoms with Gasteiger partial charge in [0.05, 0.1) is 13.2 Å². The molecule has 0 bridgehead atoms. The van der Waals surface area contributed by atoms with Crippen LogP contribution in [-0.4, -0.2) is 57.5 Å². The van der Waals surface area contributed by atoms with Gasteiger partial charge in [-0.25, -0.2) is 9.59 Å². The van der Waals surface area contributed by atoms with Crippen LogP contribution in [0.4, 0.5) is 0 Å². The molecule has 1 aliphatic rings. The molecule has 154 valence electrons. The number of esters is 2. The molecule has 4 atom stereocenters. The summed E-state index contributed by atoms with van der Waals surface area (Å²) in [5.41, 5.74) is -4.93. The largest absolute Gasteiger partial charge is 0.464 e. The fourth-order valence-corrected chi connectivity index (χ4v) is 3.79. The Labute approximate surface area is 166 Å². The zero-order valence-electron chi connectivity index (χ0n) is 15.5. The molecule has 0 aliphatic heterocycles. The summed E-state index contributed by atoms with van der Waals surface area (Å²) >= 11 is 5.87. The molecular formula is C18H22ClNO8. The van der Waals surface area contributed by atoms with E-state index in [2.05, 4.69) is 0 Å². The van der Waals surface area contributed by atoms with E-state index in [1.165, 1.54) is 13.8 Å². The van der Waals surface area contributed by atoms with Crippen LogP contribution in [0.25, 0.3) is 0 Å². The Balaban J connectivity index is 2.60. The van der Waals surface area contributed by atoms with Gasteiger partial charge >= 0.3 is 11.9 Å². The van der Waals surface area contributed by atoms with Crippen molar-refractivity contribution in [1.29, 1.82) is 0 Å². The van der Waals surface area contributed by atoms with Crippen LogP contribution in [-0.2, 0) is 19.1 Å². The minimum absolute atomic E-state index is 0.144. The molecule has 1 fully saturated rings. The van der Waals surface area contributed by atoms with Gasteiger partial charge in [0.2, 0.25) is 11.2 Å². The molecule has 0 spiro atoms. The van der Waals surface area contributed by atoms with E-state index in [1.807, 2.05) is 0 Å². The second-order valence-electron chi connectivity index (χ2n) is 6.63. The number of aliphatic hydroxyl groups is 2. The highest BCUT2D eigenvalue weighted by molar-refractivity contribution is 6.30. The van der Waals surface area contributed by atoms with Crippen LogP contribution in [0.5, 0.6) is 0 Å². The zero-order chi connectivity index (χ0) is 21.1. The van der Waals surface area contributed by atoms with E-state index in [-0.39, 0.29) is 13.2 Å². The van der Waals surface area contributed by atoms with Gasteiger partial charge in [0.15, 0.2) is 0 Å². The van der Waals surface area contributed by atoms with Gasteiger partial charge in [-0.2, -0.15) is 0 Å². The Morgan fingerprint density at radius 2 is 1.54 bits per heavy atom. The maximum Gasteiger partial charge on any atom is 0.345 e. The molecule has 2 rings (SSSR count). The molecule has 0 saturated heterocycles. The summed E-state index contributed by atoms with van der Waals surface area (Å²) in [5.74, 6) is -3.33. The Morgan fingerprint density at radius 1 is 1.11 bits per heavy atom. The SMILES string of the molecule is CCOC(=O)[C@]1(O)CC(c2ccc(Cl)cc2)C[C@](O)(C(=O)OCC)C1[N+](=O)[O-]. The smallest absolute Gasteiger partial charge is 0.345 e. The number of nitrogens with zero attached hydrogens (tertiary/aromatic N) is 1. The fourth-order valence-electron chi connectivity index (χ4n) is 3.66. The summed E-state index contributed by atoms with van der Waals surface area (Å²) in [6.07, 6.45) is -0.832. The Hall–Kier alpha value is -2.23. The van der Waals surface area contributed by atoms with Crippen LogP contribution in [0.2, 0.25) is 5.02 Å². The van der Waals surface area contributed by atoms with Crippen LogP contribution in [0.1, 0.15) is 38.2 Å². The summed E-state index contributed by atoms with van der Waals surface area (Å²) in [5, 5.41) is 34.2. The number of carbonyl (C=O) groups is 2. The van der Waals surface area contributed by atoms with Crippen molar-refractivity contribution >= 4 is 23.5 Å². The molecule has 1 aliphatic carbocycles. The lowest BCUT2D eigenvalue weighted by atomic mass is 9.64. The van der Waals surface area contributed by atoms with E-state index in [9.17, 15) is 29.9 Å². The van der Waals surface area contributed by atoms with Crippen molar-refractivity contribution in [3.63, 3.8) is 0 Å². The zero-order valence-corrected chi connectivity index (χ0v) is 16.2. The van der Waals surface area contributed by atoms with Crippen molar-refractivity contribution < 1.29 is 34.2 Å². The first-order chi connectivity index (χ1) is 13.1. The predicted octanol–water partition coefficient (Wildman–Crippen LogP) is 1.45. The second kappa shape index (κ2) is 8.42. The summed E-state index contributed by atoms with van der Waals surface area (Å²) in [4.78, 5) is 35.7. The maximum absolute atomic E-state index is 12.5. The van der Waals surface area contributed by atoms with Crippen molar-refractivity contribution in [2.75, 3.05) is 13.2 Å². The van der Waals surface area contributed by atoms with Gasteiger partial charge in [-0.1, -0.05) is 23.7 Å². The monoisotopic (exact) mass is 415 g/mol. The molecule has 9 nitrogen and oxygen atoms in total. The van der Waals surface area contributed by atoms with Crippen LogP contribution in [0.15, 0.2) is 24.3 Å². The second-order valence-corrected chi connectivity index (χ2v) is 7.07. The van der Waals surface area contributed by atoms with Crippen molar-refractivity contribution in [1.82, 2.24) is 0 Å². The number of benzene rings is 1. The van der Waals surface area contributed by atoms with E-state index in [1.54, 1.807) is 24.3 Å². The lowest BCUT2D eigenvalue weighted by Gasteiger charge is -2.44. The standard InChI is InChI=1S/C18H22ClNO8/c1-3-27-15(21)17(23)9-12(11-5-7-13(19)8-6-11)10-18(24,14(17)20(25)26)16(22)28-4-2/h5-8,12,14,23-24H,3-4,9-10H2,1-2H3/t12?,14?,17-,18+. The number of hydrogen-bond acceptors (Lipinski definition) is 8. The Kier molecular flexibility index (Phi) is 6.63. The Morgan fingerprint density at radius 3 is 1.89 bits per heavy atom. The van der Waals surface area contributed by atoms with E-state index in [0.717, 1.165) is 0 Å². The molecule has 2 N–H and O–H groups in total. The first-order valence-electron chi connectivity index (χ1n) is 8.78. The maximum atomic E-state index is 12.5. The van der Waals surface area contributed by atoms with Crippen LogP contribution in [0, 0.1) is 10.1 Å². The number of rotatable bonds is 6.